The predicted molar refractivity (Wildman–Crippen MR) is 66.6 cm³/mol. The van der Waals surface area contributed by atoms with Crippen LogP contribution in [-0.2, 0) is 11.3 Å². The molecule has 2 heterocycles. The van der Waals surface area contributed by atoms with Crippen molar-refractivity contribution in [2.75, 3.05) is 12.4 Å². The summed E-state index contributed by atoms with van der Waals surface area (Å²) in [4.78, 5) is 15.3. The normalized spacial score (nSPS) is 10.1. The van der Waals surface area contributed by atoms with Crippen LogP contribution in [0, 0.1) is 0 Å². The Morgan fingerprint density at radius 3 is 3.11 bits per heavy atom. The summed E-state index contributed by atoms with van der Waals surface area (Å²) in [5.74, 6) is -0.320. The van der Waals surface area contributed by atoms with Gasteiger partial charge in [0, 0.05) is 18.3 Å². The van der Waals surface area contributed by atoms with Crippen molar-refractivity contribution in [1.82, 2.24) is 4.98 Å². The Labute approximate surface area is 109 Å². The van der Waals surface area contributed by atoms with E-state index in [-0.39, 0.29) is 5.76 Å². The number of nitrogens with one attached hydrogen (secondary N) is 1. The van der Waals surface area contributed by atoms with Crippen molar-refractivity contribution >= 4 is 23.3 Å². The number of rotatable bonds is 4. The summed E-state index contributed by atoms with van der Waals surface area (Å²) >= 11 is 5.98. The number of methoxy groups -OCH3 is 1. The van der Waals surface area contributed by atoms with Gasteiger partial charge in [-0.3, -0.25) is 4.98 Å². The van der Waals surface area contributed by atoms with Crippen LogP contribution in [0.2, 0.25) is 5.02 Å². The lowest BCUT2D eigenvalue weighted by Crippen LogP contribution is -2.07. The van der Waals surface area contributed by atoms with E-state index < -0.39 is 5.97 Å². The Morgan fingerprint density at radius 1 is 1.56 bits per heavy atom. The molecule has 0 aliphatic rings. The molecule has 0 radical (unpaired) electrons. The molecule has 0 fully saturated rings. The highest BCUT2D eigenvalue weighted by Crippen LogP contribution is 2.21. The van der Waals surface area contributed by atoms with E-state index in [1.165, 1.54) is 13.4 Å². The third-order valence-electron chi connectivity index (χ3n) is 2.35. The molecule has 0 amide bonds. The number of aromatic nitrogens is 1. The molecule has 1 N–H and O–H groups in total. The van der Waals surface area contributed by atoms with Gasteiger partial charge in [0.25, 0.3) is 0 Å². The summed E-state index contributed by atoms with van der Waals surface area (Å²) in [5, 5.41) is 3.64. The number of pyridine rings is 1. The third kappa shape index (κ3) is 2.62. The molecule has 0 bridgehead atoms. The van der Waals surface area contributed by atoms with Gasteiger partial charge in [-0.25, -0.2) is 4.79 Å². The van der Waals surface area contributed by atoms with Crippen LogP contribution in [0.5, 0.6) is 0 Å². The molecule has 0 aromatic carbocycles. The van der Waals surface area contributed by atoms with Crippen LogP contribution in [-0.4, -0.2) is 18.1 Å². The number of nitrogens with zero attached hydrogens (tertiary/aromatic N) is 1. The van der Waals surface area contributed by atoms with Crippen LogP contribution in [0.3, 0.4) is 0 Å². The van der Waals surface area contributed by atoms with E-state index in [1.807, 2.05) is 0 Å². The number of halogens is 1. The number of hydrogen-bond donors (Lipinski definition) is 1. The fourth-order valence-corrected chi connectivity index (χ4v) is 1.62. The molecule has 5 nitrogen and oxygen atoms in total. The fourth-order valence-electron chi connectivity index (χ4n) is 1.44. The lowest BCUT2D eigenvalue weighted by molar-refractivity contribution is 0.0563. The van der Waals surface area contributed by atoms with Gasteiger partial charge < -0.3 is 14.5 Å². The van der Waals surface area contributed by atoms with Crippen molar-refractivity contribution in [2.24, 2.45) is 0 Å². The zero-order valence-electron chi connectivity index (χ0n) is 9.64. The van der Waals surface area contributed by atoms with Crippen molar-refractivity contribution in [3.05, 3.63) is 47.1 Å². The maximum Gasteiger partial charge on any atom is 0.374 e. The monoisotopic (exact) mass is 266 g/mol. The molecular formula is C12H11ClN2O3. The largest absolute Gasteiger partial charge is 0.463 e. The van der Waals surface area contributed by atoms with E-state index >= 15 is 0 Å². The zero-order valence-corrected chi connectivity index (χ0v) is 10.4. The molecule has 6 heteroatoms. The zero-order chi connectivity index (χ0) is 13.0. The minimum absolute atomic E-state index is 0.185. The second kappa shape index (κ2) is 5.55. The summed E-state index contributed by atoms with van der Waals surface area (Å²) in [6, 6.07) is 3.38. The SMILES string of the molecule is COC(=O)c1occc1CNc1cnccc1Cl. The Balaban J connectivity index is 2.09. The van der Waals surface area contributed by atoms with Gasteiger partial charge in [0.15, 0.2) is 0 Å². The molecule has 0 atom stereocenters. The highest BCUT2D eigenvalue weighted by Gasteiger charge is 2.15. The van der Waals surface area contributed by atoms with Gasteiger partial charge in [0.05, 0.1) is 30.3 Å². The van der Waals surface area contributed by atoms with Crippen molar-refractivity contribution in [3.8, 4) is 0 Å². The molecule has 2 aromatic rings. The van der Waals surface area contributed by atoms with Crippen LogP contribution in [0.25, 0.3) is 0 Å². The average molecular weight is 267 g/mol. The third-order valence-corrected chi connectivity index (χ3v) is 2.68. The number of hydrogen-bond acceptors (Lipinski definition) is 5. The van der Waals surface area contributed by atoms with Gasteiger partial charge in [0.2, 0.25) is 5.76 Å². The number of furan rings is 1. The Bertz CT molecular complexity index is 554. The number of anilines is 1. The van der Waals surface area contributed by atoms with Crippen LogP contribution in [0.1, 0.15) is 16.1 Å². The van der Waals surface area contributed by atoms with Crippen LogP contribution in [0.15, 0.2) is 35.2 Å². The highest BCUT2D eigenvalue weighted by atomic mass is 35.5. The number of carbonyl (C=O) groups is 1. The van der Waals surface area contributed by atoms with Crippen molar-refractivity contribution in [1.29, 1.82) is 0 Å². The van der Waals surface area contributed by atoms with E-state index in [0.717, 1.165) is 0 Å². The molecular weight excluding hydrogens is 256 g/mol. The fraction of sp³-hybridized carbons (Fsp3) is 0.167. The molecule has 0 saturated carbocycles. The lowest BCUT2D eigenvalue weighted by atomic mass is 10.2. The maximum atomic E-state index is 11.4. The summed E-state index contributed by atoms with van der Waals surface area (Å²) < 4.78 is 9.68. The predicted octanol–water partition coefficient (Wildman–Crippen LogP) is 2.73. The van der Waals surface area contributed by atoms with Crippen molar-refractivity contribution < 1.29 is 13.9 Å². The summed E-state index contributed by atoms with van der Waals surface area (Å²) in [6.07, 6.45) is 4.65. The van der Waals surface area contributed by atoms with Crippen LogP contribution in [0.4, 0.5) is 5.69 Å². The summed E-state index contributed by atoms with van der Waals surface area (Å²) in [5.41, 5.74) is 1.39. The van der Waals surface area contributed by atoms with Crippen molar-refractivity contribution in [3.63, 3.8) is 0 Å². The lowest BCUT2D eigenvalue weighted by Gasteiger charge is -2.07. The summed E-state index contributed by atoms with van der Waals surface area (Å²) in [6.45, 7) is 0.395. The van der Waals surface area contributed by atoms with Gasteiger partial charge in [-0.1, -0.05) is 11.6 Å². The number of esters is 1. The smallest absolute Gasteiger partial charge is 0.374 e. The van der Waals surface area contributed by atoms with E-state index in [4.69, 9.17) is 16.0 Å². The van der Waals surface area contributed by atoms with Gasteiger partial charge in [-0.2, -0.15) is 0 Å². The maximum absolute atomic E-state index is 11.4. The second-order valence-corrected chi connectivity index (χ2v) is 3.88. The Morgan fingerprint density at radius 2 is 2.39 bits per heavy atom. The quantitative estimate of drug-likeness (QED) is 0.862. The molecule has 0 aliphatic carbocycles. The average Bonchev–Trinajstić information content (AvgIpc) is 2.85. The first kappa shape index (κ1) is 12.4. The number of ether oxygens (including phenoxy) is 1. The topological polar surface area (TPSA) is 64.4 Å². The van der Waals surface area contributed by atoms with Gasteiger partial charge in [-0.15, -0.1) is 0 Å². The molecule has 2 aromatic heterocycles. The Kier molecular flexibility index (Phi) is 3.84. The van der Waals surface area contributed by atoms with E-state index in [9.17, 15) is 4.79 Å². The molecule has 0 saturated heterocycles. The van der Waals surface area contributed by atoms with E-state index in [0.29, 0.717) is 22.8 Å². The highest BCUT2D eigenvalue weighted by molar-refractivity contribution is 6.33. The first-order valence-electron chi connectivity index (χ1n) is 5.20. The van der Waals surface area contributed by atoms with Crippen LogP contribution < -0.4 is 5.32 Å². The van der Waals surface area contributed by atoms with E-state index in [2.05, 4.69) is 15.0 Å². The molecule has 94 valence electrons. The minimum atomic E-state index is -0.505. The van der Waals surface area contributed by atoms with Gasteiger partial charge in [0.1, 0.15) is 0 Å². The standard InChI is InChI=1S/C12H11ClN2O3/c1-17-12(16)11-8(3-5-18-11)6-15-10-7-14-4-2-9(10)13/h2-5,7,15H,6H2,1H3. The first-order valence-corrected chi connectivity index (χ1v) is 5.58. The summed E-state index contributed by atoms with van der Waals surface area (Å²) in [7, 11) is 1.31. The van der Waals surface area contributed by atoms with Gasteiger partial charge >= 0.3 is 5.97 Å². The minimum Gasteiger partial charge on any atom is -0.463 e. The second-order valence-electron chi connectivity index (χ2n) is 3.48. The van der Waals surface area contributed by atoms with Crippen molar-refractivity contribution in [2.45, 2.75) is 6.54 Å². The molecule has 2 rings (SSSR count). The first-order chi connectivity index (χ1) is 8.72. The molecule has 0 unspecified atom stereocenters. The molecule has 0 spiro atoms. The van der Waals surface area contributed by atoms with Gasteiger partial charge in [-0.05, 0) is 12.1 Å². The Hall–Kier alpha value is -2.01. The van der Waals surface area contributed by atoms with E-state index in [1.54, 1.807) is 24.5 Å². The molecule has 0 aliphatic heterocycles. The number of carbonyl (C=O) groups excluding carboxylic acids is 1. The van der Waals surface area contributed by atoms with Crippen LogP contribution >= 0.6 is 11.6 Å². The molecule has 18 heavy (non-hydrogen) atoms.